The molecule has 0 aromatic carbocycles. The van der Waals surface area contributed by atoms with Gasteiger partial charge in [0, 0.05) is 22.4 Å². The van der Waals surface area contributed by atoms with E-state index in [0.717, 1.165) is 26.0 Å². The summed E-state index contributed by atoms with van der Waals surface area (Å²) in [4.78, 5) is 2.94. The van der Waals surface area contributed by atoms with E-state index in [1.54, 1.807) is 0 Å². The molecule has 0 fully saturated rings. The fraction of sp³-hybridized carbons (Fsp3) is 0.733. The van der Waals surface area contributed by atoms with E-state index in [1.165, 1.54) is 16.2 Å². The number of hydrogen-bond acceptors (Lipinski definition) is 3. The quantitative estimate of drug-likeness (QED) is 0.739. The lowest BCUT2D eigenvalue weighted by Gasteiger charge is -2.24. The van der Waals surface area contributed by atoms with Crippen LogP contribution in [0.1, 0.15) is 43.9 Å². The molecule has 104 valence electrons. The molecule has 1 rings (SSSR count). The lowest BCUT2D eigenvalue weighted by molar-refractivity contribution is 0.0478. The molecule has 2 atom stereocenters. The minimum absolute atomic E-state index is 0.272. The van der Waals surface area contributed by atoms with Crippen molar-refractivity contribution in [3.05, 3.63) is 21.9 Å². The summed E-state index contributed by atoms with van der Waals surface area (Å²) in [5.74, 6) is 0. The van der Waals surface area contributed by atoms with Crippen molar-refractivity contribution in [3.8, 4) is 0 Å². The van der Waals surface area contributed by atoms with Crippen LogP contribution in [0.4, 0.5) is 0 Å². The Labute approximate surface area is 116 Å². The maximum absolute atomic E-state index is 5.75. The molecule has 0 bridgehead atoms. The number of hydrogen-bond donors (Lipinski definition) is 1. The first-order valence-corrected chi connectivity index (χ1v) is 7.95. The molecule has 0 saturated carbocycles. The van der Waals surface area contributed by atoms with Crippen LogP contribution in [0, 0.1) is 0 Å². The zero-order valence-corrected chi connectivity index (χ0v) is 13.0. The topological polar surface area (TPSA) is 21.3 Å². The zero-order chi connectivity index (χ0) is 13.4. The van der Waals surface area contributed by atoms with E-state index in [0.29, 0.717) is 6.04 Å². The van der Waals surface area contributed by atoms with E-state index < -0.39 is 0 Å². The molecular weight excluding hydrogens is 242 g/mol. The summed E-state index contributed by atoms with van der Waals surface area (Å²) in [6, 6.07) is 4.94. The van der Waals surface area contributed by atoms with Gasteiger partial charge in [-0.3, -0.25) is 0 Å². The molecule has 0 radical (unpaired) electrons. The summed E-state index contributed by atoms with van der Waals surface area (Å²) in [5.41, 5.74) is 0. The number of thiophene rings is 1. The molecule has 1 aromatic heterocycles. The minimum Gasteiger partial charge on any atom is -0.377 e. The summed E-state index contributed by atoms with van der Waals surface area (Å²) in [5, 5.41) is 3.61. The van der Waals surface area contributed by atoms with Gasteiger partial charge in [0.2, 0.25) is 0 Å². The van der Waals surface area contributed by atoms with Gasteiger partial charge in [0.05, 0.1) is 6.10 Å². The van der Waals surface area contributed by atoms with E-state index in [9.17, 15) is 0 Å². The van der Waals surface area contributed by atoms with Gasteiger partial charge in [-0.2, -0.15) is 0 Å². The van der Waals surface area contributed by atoms with Gasteiger partial charge in [-0.25, -0.2) is 0 Å². The highest BCUT2D eigenvalue weighted by atomic mass is 32.1. The molecule has 2 unspecified atom stereocenters. The number of aryl methyl sites for hydroxylation is 1. The van der Waals surface area contributed by atoms with E-state index in [2.05, 4.69) is 45.1 Å². The monoisotopic (exact) mass is 269 g/mol. The molecule has 0 aliphatic rings. The van der Waals surface area contributed by atoms with Crippen LogP contribution in [0.5, 0.6) is 0 Å². The van der Waals surface area contributed by atoms with Crippen molar-refractivity contribution in [1.29, 1.82) is 0 Å². The Morgan fingerprint density at radius 2 is 1.94 bits per heavy atom. The van der Waals surface area contributed by atoms with E-state index in [-0.39, 0.29) is 6.10 Å². The summed E-state index contributed by atoms with van der Waals surface area (Å²) < 4.78 is 5.75. The highest BCUT2D eigenvalue weighted by Crippen LogP contribution is 2.19. The minimum atomic E-state index is 0.272. The van der Waals surface area contributed by atoms with Crippen LogP contribution < -0.4 is 5.32 Å². The van der Waals surface area contributed by atoms with Gasteiger partial charge in [0.1, 0.15) is 0 Å². The molecule has 1 N–H and O–H groups in total. The summed E-state index contributed by atoms with van der Waals surface area (Å²) in [6.07, 6.45) is 3.65. The first-order valence-electron chi connectivity index (χ1n) is 7.13. The second kappa shape index (κ2) is 8.68. The Balaban J connectivity index is 2.58. The fourth-order valence-electron chi connectivity index (χ4n) is 2.05. The molecule has 0 amide bonds. The smallest absolute Gasteiger partial charge is 0.0703 e. The lowest BCUT2D eigenvalue weighted by atomic mass is 10.1. The predicted molar refractivity (Wildman–Crippen MR) is 80.6 cm³/mol. The van der Waals surface area contributed by atoms with Crippen LogP contribution in [-0.2, 0) is 17.6 Å². The molecule has 3 heteroatoms. The third-order valence-corrected chi connectivity index (χ3v) is 4.39. The Kier molecular flexibility index (Phi) is 7.56. The van der Waals surface area contributed by atoms with Gasteiger partial charge in [-0.1, -0.05) is 13.8 Å². The summed E-state index contributed by atoms with van der Waals surface area (Å²) in [6.45, 7) is 10.5. The van der Waals surface area contributed by atoms with Gasteiger partial charge in [0.15, 0.2) is 0 Å². The van der Waals surface area contributed by atoms with E-state index >= 15 is 0 Å². The normalized spacial score (nSPS) is 14.7. The lowest BCUT2D eigenvalue weighted by Crippen LogP contribution is -2.41. The van der Waals surface area contributed by atoms with Gasteiger partial charge >= 0.3 is 0 Å². The van der Waals surface area contributed by atoms with Gasteiger partial charge in [0.25, 0.3) is 0 Å². The maximum atomic E-state index is 5.75. The van der Waals surface area contributed by atoms with Crippen molar-refractivity contribution in [2.75, 3.05) is 13.2 Å². The van der Waals surface area contributed by atoms with Gasteiger partial charge in [-0.15, -0.1) is 11.3 Å². The highest BCUT2D eigenvalue weighted by Gasteiger charge is 2.18. The fourth-order valence-corrected chi connectivity index (χ4v) is 3.07. The molecule has 0 spiro atoms. The second-order valence-electron chi connectivity index (χ2n) is 4.65. The average Bonchev–Trinajstić information content (AvgIpc) is 2.82. The first-order chi connectivity index (χ1) is 8.71. The van der Waals surface area contributed by atoms with E-state index in [4.69, 9.17) is 4.74 Å². The second-order valence-corrected chi connectivity index (χ2v) is 5.90. The van der Waals surface area contributed by atoms with Crippen molar-refractivity contribution in [2.24, 2.45) is 0 Å². The van der Waals surface area contributed by atoms with Gasteiger partial charge < -0.3 is 10.1 Å². The molecule has 0 aliphatic heterocycles. The predicted octanol–water partition coefficient (Wildman–Crippen LogP) is 3.65. The van der Waals surface area contributed by atoms with Crippen LogP contribution in [0.3, 0.4) is 0 Å². The van der Waals surface area contributed by atoms with Crippen LogP contribution in [0.15, 0.2) is 12.1 Å². The summed E-state index contributed by atoms with van der Waals surface area (Å²) in [7, 11) is 0. The van der Waals surface area contributed by atoms with Crippen molar-refractivity contribution in [3.63, 3.8) is 0 Å². The Morgan fingerprint density at radius 3 is 2.50 bits per heavy atom. The Hall–Kier alpha value is -0.380. The third-order valence-electron chi connectivity index (χ3n) is 3.14. The van der Waals surface area contributed by atoms with Crippen LogP contribution in [0.2, 0.25) is 0 Å². The largest absolute Gasteiger partial charge is 0.377 e. The zero-order valence-electron chi connectivity index (χ0n) is 12.2. The van der Waals surface area contributed by atoms with Crippen LogP contribution in [0.25, 0.3) is 0 Å². The van der Waals surface area contributed by atoms with Crippen LogP contribution in [-0.4, -0.2) is 25.3 Å². The third kappa shape index (κ3) is 5.09. The molecule has 18 heavy (non-hydrogen) atoms. The van der Waals surface area contributed by atoms with Crippen molar-refractivity contribution < 1.29 is 4.74 Å². The average molecular weight is 269 g/mol. The molecule has 1 heterocycles. The highest BCUT2D eigenvalue weighted by molar-refractivity contribution is 7.11. The van der Waals surface area contributed by atoms with Gasteiger partial charge in [-0.05, 0) is 51.8 Å². The molecule has 0 saturated heterocycles. The van der Waals surface area contributed by atoms with Crippen molar-refractivity contribution >= 4 is 11.3 Å². The number of nitrogens with one attached hydrogen (secondary N) is 1. The molecule has 1 aromatic rings. The Bertz CT molecular complexity index is 324. The molecule has 0 aliphatic carbocycles. The molecule has 2 nitrogen and oxygen atoms in total. The number of rotatable bonds is 9. The SMILES string of the molecule is CCCNC(Cc1ccc(CC)s1)C(C)OCC. The Morgan fingerprint density at radius 1 is 1.22 bits per heavy atom. The first kappa shape index (κ1) is 15.7. The van der Waals surface area contributed by atoms with Crippen molar-refractivity contribution in [1.82, 2.24) is 5.32 Å². The number of ether oxygens (including phenoxy) is 1. The summed E-state index contributed by atoms with van der Waals surface area (Å²) >= 11 is 1.93. The van der Waals surface area contributed by atoms with Crippen molar-refractivity contribution in [2.45, 2.75) is 59.1 Å². The van der Waals surface area contributed by atoms with Crippen LogP contribution >= 0.6 is 11.3 Å². The maximum Gasteiger partial charge on any atom is 0.0703 e. The van der Waals surface area contributed by atoms with E-state index in [1.807, 2.05) is 11.3 Å². The molecular formula is C15H27NOS. The standard InChI is InChI=1S/C15H27NOS/c1-5-10-16-15(12(4)17-7-3)11-14-9-8-13(6-2)18-14/h8-9,12,15-16H,5-7,10-11H2,1-4H3.